The van der Waals surface area contributed by atoms with Crippen LogP contribution in [0.15, 0.2) is 30.3 Å². The number of benzene rings is 1. The monoisotopic (exact) mass is 289 g/mol. The van der Waals surface area contributed by atoms with Crippen molar-refractivity contribution in [2.24, 2.45) is 0 Å². The Hall–Kier alpha value is -2.14. The van der Waals surface area contributed by atoms with E-state index in [1.165, 1.54) is 29.0 Å². The molecule has 1 amide bonds. The van der Waals surface area contributed by atoms with Gasteiger partial charge in [0, 0.05) is 10.6 Å². The normalized spacial score (nSPS) is 10.3. The third-order valence-electron chi connectivity index (χ3n) is 2.99. The SMILES string of the molecule is CCc1cc(C(=O)Nc2cccc(C(=O)O)c2)sc1C. The van der Waals surface area contributed by atoms with Crippen molar-refractivity contribution in [3.05, 3.63) is 51.2 Å². The fourth-order valence-corrected chi connectivity index (χ4v) is 2.91. The molecule has 0 saturated heterocycles. The molecular formula is C15H15NO3S. The number of hydrogen-bond acceptors (Lipinski definition) is 3. The largest absolute Gasteiger partial charge is 0.478 e. The van der Waals surface area contributed by atoms with Gasteiger partial charge in [-0.2, -0.15) is 0 Å². The van der Waals surface area contributed by atoms with Gasteiger partial charge in [-0.1, -0.05) is 13.0 Å². The van der Waals surface area contributed by atoms with E-state index in [0.29, 0.717) is 10.6 Å². The van der Waals surface area contributed by atoms with Gasteiger partial charge < -0.3 is 10.4 Å². The maximum atomic E-state index is 12.1. The summed E-state index contributed by atoms with van der Waals surface area (Å²) < 4.78 is 0. The van der Waals surface area contributed by atoms with Crippen molar-refractivity contribution in [1.29, 1.82) is 0 Å². The van der Waals surface area contributed by atoms with Gasteiger partial charge in [-0.15, -0.1) is 11.3 Å². The third-order valence-corrected chi connectivity index (χ3v) is 4.08. The van der Waals surface area contributed by atoms with Gasteiger partial charge in [-0.25, -0.2) is 4.79 Å². The van der Waals surface area contributed by atoms with Gasteiger partial charge >= 0.3 is 5.97 Å². The summed E-state index contributed by atoms with van der Waals surface area (Å²) >= 11 is 1.45. The lowest BCUT2D eigenvalue weighted by Crippen LogP contribution is -2.10. The highest BCUT2D eigenvalue weighted by molar-refractivity contribution is 7.14. The topological polar surface area (TPSA) is 66.4 Å². The molecule has 2 N–H and O–H groups in total. The Morgan fingerprint density at radius 1 is 1.30 bits per heavy atom. The fraction of sp³-hybridized carbons (Fsp3) is 0.200. The van der Waals surface area contributed by atoms with Crippen molar-refractivity contribution in [3.63, 3.8) is 0 Å². The highest BCUT2D eigenvalue weighted by Gasteiger charge is 2.12. The molecule has 1 aromatic heterocycles. The summed E-state index contributed by atoms with van der Waals surface area (Å²) in [6.45, 7) is 4.04. The Kier molecular flexibility index (Phi) is 4.20. The van der Waals surface area contributed by atoms with Crippen molar-refractivity contribution in [2.45, 2.75) is 20.3 Å². The van der Waals surface area contributed by atoms with Crippen LogP contribution >= 0.6 is 11.3 Å². The van der Waals surface area contributed by atoms with Gasteiger partial charge in [0.05, 0.1) is 10.4 Å². The smallest absolute Gasteiger partial charge is 0.335 e. The molecule has 1 aromatic carbocycles. The summed E-state index contributed by atoms with van der Waals surface area (Å²) in [5.41, 5.74) is 1.80. The maximum absolute atomic E-state index is 12.1. The van der Waals surface area contributed by atoms with Crippen molar-refractivity contribution < 1.29 is 14.7 Å². The molecule has 0 unspecified atom stereocenters. The summed E-state index contributed by atoms with van der Waals surface area (Å²) in [6, 6.07) is 8.10. The number of aryl methyl sites for hydroxylation is 2. The average Bonchev–Trinajstić information content (AvgIpc) is 2.80. The van der Waals surface area contributed by atoms with Gasteiger partial charge in [0.25, 0.3) is 5.91 Å². The molecule has 0 radical (unpaired) electrons. The van der Waals surface area contributed by atoms with E-state index in [1.54, 1.807) is 12.1 Å². The first kappa shape index (κ1) is 14.3. The van der Waals surface area contributed by atoms with Gasteiger partial charge in [-0.3, -0.25) is 4.79 Å². The van der Waals surface area contributed by atoms with E-state index in [0.717, 1.165) is 11.3 Å². The second-order valence-electron chi connectivity index (χ2n) is 4.39. The predicted molar refractivity (Wildman–Crippen MR) is 79.8 cm³/mol. The molecule has 0 spiro atoms. The second kappa shape index (κ2) is 5.88. The van der Waals surface area contributed by atoms with Gasteiger partial charge in [0.1, 0.15) is 0 Å². The molecule has 2 rings (SSSR count). The molecule has 0 atom stereocenters. The van der Waals surface area contributed by atoms with Crippen LogP contribution in [0.4, 0.5) is 5.69 Å². The lowest BCUT2D eigenvalue weighted by Gasteiger charge is -2.04. The van der Waals surface area contributed by atoms with Crippen LogP contribution in [0.5, 0.6) is 0 Å². The highest BCUT2D eigenvalue weighted by Crippen LogP contribution is 2.23. The van der Waals surface area contributed by atoms with Crippen LogP contribution in [0.25, 0.3) is 0 Å². The minimum atomic E-state index is -1.01. The zero-order valence-corrected chi connectivity index (χ0v) is 12.1. The van der Waals surface area contributed by atoms with E-state index in [9.17, 15) is 9.59 Å². The standard InChI is InChI=1S/C15H15NO3S/c1-3-10-8-13(20-9(10)2)14(17)16-12-6-4-5-11(7-12)15(18)19/h4-8H,3H2,1-2H3,(H,16,17)(H,18,19). The lowest BCUT2D eigenvalue weighted by molar-refractivity contribution is 0.0696. The number of carboxylic acid groups (broad SMARTS) is 1. The van der Waals surface area contributed by atoms with Crippen LogP contribution in [0.2, 0.25) is 0 Å². The van der Waals surface area contributed by atoms with Crippen LogP contribution in [0.1, 0.15) is 37.4 Å². The molecular weight excluding hydrogens is 274 g/mol. The van der Waals surface area contributed by atoms with Crippen LogP contribution in [0, 0.1) is 6.92 Å². The molecule has 5 heteroatoms. The molecule has 0 bridgehead atoms. The number of rotatable bonds is 4. The summed E-state index contributed by atoms with van der Waals surface area (Å²) in [4.78, 5) is 24.8. The number of nitrogens with one attached hydrogen (secondary N) is 1. The lowest BCUT2D eigenvalue weighted by atomic mass is 10.2. The molecule has 0 aliphatic rings. The van der Waals surface area contributed by atoms with E-state index in [1.807, 2.05) is 19.9 Å². The summed E-state index contributed by atoms with van der Waals surface area (Å²) in [6.07, 6.45) is 0.893. The van der Waals surface area contributed by atoms with Crippen LogP contribution in [0.3, 0.4) is 0 Å². The number of anilines is 1. The fourth-order valence-electron chi connectivity index (χ4n) is 1.91. The van der Waals surface area contributed by atoms with Crippen molar-refractivity contribution in [3.8, 4) is 0 Å². The number of thiophene rings is 1. The molecule has 0 fully saturated rings. The molecule has 104 valence electrons. The molecule has 0 aliphatic heterocycles. The van der Waals surface area contributed by atoms with Gasteiger partial charge in [0.2, 0.25) is 0 Å². The Bertz CT molecular complexity index is 661. The van der Waals surface area contributed by atoms with Crippen molar-refractivity contribution in [1.82, 2.24) is 0 Å². The summed E-state index contributed by atoms with van der Waals surface area (Å²) in [7, 11) is 0. The van der Waals surface area contributed by atoms with Crippen molar-refractivity contribution in [2.75, 3.05) is 5.32 Å². The molecule has 0 saturated carbocycles. The molecule has 2 aromatic rings. The zero-order valence-electron chi connectivity index (χ0n) is 11.3. The molecule has 1 heterocycles. The first-order chi connectivity index (χ1) is 9.51. The van der Waals surface area contributed by atoms with E-state index < -0.39 is 5.97 Å². The quantitative estimate of drug-likeness (QED) is 0.904. The van der Waals surface area contributed by atoms with Crippen LogP contribution < -0.4 is 5.32 Å². The molecule has 0 aliphatic carbocycles. The van der Waals surface area contributed by atoms with E-state index in [4.69, 9.17) is 5.11 Å². The molecule has 4 nitrogen and oxygen atoms in total. The van der Waals surface area contributed by atoms with Crippen molar-refractivity contribution >= 4 is 28.9 Å². The van der Waals surface area contributed by atoms with Crippen LogP contribution in [-0.2, 0) is 6.42 Å². The Balaban J connectivity index is 2.18. The van der Waals surface area contributed by atoms with E-state index in [-0.39, 0.29) is 11.5 Å². The highest BCUT2D eigenvalue weighted by atomic mass is 32.1. The Morgan fingerprint density at radius 2 is 2.05 bits per heavy atom. The van der Waals surface area contributed by atoms with Gasteiger partial charge in [-0.05, 0) is 43.2 Å². The number of hydrogen-bond donors (Lipinski definition) is 2. The number of amides is 1. The minimum absolute atomic E-state index is 0.152. The van der Waals surface area contributed by atoms with E-state index in [2.05, 4.69) is 5.32 Å². The van der Waals surface area contributed by atoms with Gasteiger partial charge in [0.15, 0.2) is 0 Å². The number of carboxylic acids is 1. The second-order valence-corrected chi connectivity index (χ2v) is 5.64. The summed E-state index contributed by atoms with van der Waals surface area (Å²) in [5.74, 6) is -1.22. The Morgan fingerprint density at radius 3 is 2.65 bits per heavy atom. The first-order valence-electron chi connectivity index (χ1n) is 6.25. The summed E-state index contributed by atoms with van der Waals surface area (Å²) in [5, 5.41) is 11.6. The average molecular weight is 289 g/mol. The number of aromatic carboxylic acids is 1. The zero-order chi connectivity index (χ0) is 14.7. The maximum Gasteiger partial charge on any atom is 0.335 e. The third kappa shape index (κ3) is 3.05. The van der Waals surface area contributed by atoms with Crippen LogP contribution in [-0.4, -0.2) is 17.0 Å². The minimum Gasteiger partial charge on any atom is -0.478 e. The number of carbonyl (C=O) groups is 2. The molecule has 20 heavy (non-hydrogen) atoms. The predicted octanol–water partition coefficient (Wildman–Crippen LogP) is 3.57. The van der Waals surface area contributed by atoms with E-state index >= 15 is 0 Å². The number of carbonyl (C=O) groups excluding carboxylic acids is 1. The Labute approximate surface area is 121 Å². The first-order valence-corrected chi connectivity index (χ1v) is 7.07.